The van der Waals surface area contributed by atoms with E-state index in [0.29, 0.717) is 0 Å². The Labute approximate surface area is 134 Å². The predicted octanol–water partition coefficient (Wildman–Crippen LogP) is 3.86. The summed E-state index contributed by atoms with van der Waals surface area (Å²) in [6.07, 6.45) is 3.36. The first-order chi connectivity index (χ1) is 10.7. The molecule has 1 aromatic carbocycles. The van der Waals surface area contributed by atoms with Gasteiger partial charge in [-0.1, -0.05) is 43.3 Å². The fraction of sp³-hybridized carbons (Fsp3) is 0.294. The second-order valence-electron chi connectivity index (χ2n) is 4.73. The summed E-state index contributed by atoms with van der Waals surface area (Å²) in [5, 5.41) is 8.70. The van der Waals surface area contributed by atoms with Crippen molar-refractivity contribution in [3.8, 4) is 0 Å². The molecule has 0 unspecified atom stereocenters. The summed E-state index contributed by atoms with van der Waals surface area (Å²) in [5.41, 5.74) is 3.17. The first kappa shape index (κ1) is 16.2. The number of benzene rings is 1. The minimum atomic E-state index is -0.195. The van der Waals surface area contributed by atoms with Crippen LogP contribution in [0, 0.1) is 0 Å². The molecule has 116 valence electrons. The number of anilines is 1. The van der Waals surface area contributed by atoms with Gasteiger partial charge in [-0.25, -0.2) is 0 Å². The highest BCUT2D eigenvalue weighted by atomic mass is 32.1. The molecular weight excluding hydrogens is 296 g/mol. The van der Waals surface area contributed by atoms with E-state index in [1.807, 2.05) is 35.7 Å². The molecule has 0 bridgehead atoms. The third-order valence-corrected chi connectivity index (χ3v) is 4.06. The highest BCUT2D eigenvalue weighted by molar-refractivity contribution is 7.11. The molecule has 1 heterocycles. The number of carbonyl (C=O) groups is 1. The van der Waals surface area contributed by atoms with E-state index >= 15 is 0 Å². The number of thiophene rings is 1. The normalized spacial score (nSPS) is 10.8. The van der Waals surface area contributed by atoms with Crippen LogP contribution in [0.5, 0.6) is 0 Å². The van der Waals surface area contributed by atoms with Gasteiger partial charge in [0.25, 0.3) is 5.91 Å². The molecule has 0 fully saturated rings. The Morgan fingerprint density at radius 3 is 2.55 bits per heavy atom. The standard InChI is InChI=1S/C17H20N2O2S/c1-3-13-7-5-8-14(4-2)17(13)19-16(20)12-21-18-11-15-9-6-10-22-15/h5-11H,3-4,12H2,1-2H3,(H,19,20)/b18-11+. The van der Waals surface area contributed by atoms with Gasteiger partial charge in [0, 0.05) is 10.6 Å². The number of amides is 1. The Morgan fingerprint density at radius 1 is 1.23 bits per heavy atom. The summed E-state index contributed by atoms with van der Waals surface area (Å²) >= 11 is 1.56. The van der Waals surface area contributed by atoms with Crippen molar-refractivity contribution in [3.05, 3.63) is 51.7 Å². The molecule has 5 heteroatoms. The van der Waals surface area contributed by atoms with Gasteiger partial charge >= 0.3 is 0 Å². The summed E-state index contributed by atoms with van der Waals surface area (Å²) in [6, 6.07) is 9.96. The van der Waals surface area contributed by atoms with Crippen LogP contribution in [0.4, 0.5) is 5.69 Å². The number of oxime groups is 1. The molecule has 1 N–H and O–H groups in total. The molecule has 0 aliphatic rings. The van der Waals surface area contributed by atoms with Gasteiger partial charge in [0.15, 0.2) is 6.61 Å². The zero-order valence-electron chi connectivity index (χ0n) is 12.8. The molecule has 0 aliphatic carbocycles. The Bertz CT molecular complexity index is 614. The van der Waals surface area contributed by atoms with Gasteiger partial charge in [-0.3, -0.25) is 4.79 Å². The highest BCUT2D eigenvalue weighted by Gasteiger charge is 2.10. The minimum Gasteiger partial charge on any atom is -0.386 e. The van der Waals surface area contributed by atoms with Crippen LogP contribution in [-0.4, -0.2) is 18.7 Å². The maximum Gasteiger partial charge on any atom is 0.265 e. The molecule has 0 aliphatic heterocycles. The fourth-order valence-electron chi connectivity index (χ4n) is 2.13. The molecule has 0 saturated heterocycles. The molecule has 22 heavy (non-hydrogen) atoms. The lowest BCUT2D eigenvalue weighted by Crippen LogP contribution is -2.19. The number of hydrogen-bond acceptors (Lipinski definition) is 4. The number of nitrogens with zero attached hydrogens (tertiary/aromatic N) is 1. The van der Waals surface area contributed by atoms with Gasteiger partial charge in [0.05, 0.1) is 6.21 Å². The second-order valence-corrected chi connectivity index (χ2v) is 5.71. The van der Waals surface area contributed by atoms with Crippen LogP contribution in [0.15, 0.2) is 40.9 Å². The van der Waals surface area contributed by atoms with E-state index in [-0.39, 0.29) is 12.5 Å². The van der Waals surface area contributed by atoms with Crippen molar-refractivity contribution in [2.45, 2.75) is 26.7 Å². The second kappa shape index (κ2) is 8.34. The Kier molecular flexibility index (Phi) is 6.15. The van der Waals surface area contributed by atoms with Gasteiger partial charge in [-0.2, -0.15) is 0 Å². The zero-order valence-corrected chi connectivity index (χ0v) is 13.7. The first-order valence-electron chi connectivity index (χ1n) is 7.34. The monoisotopic (exact) mass is 316 g/mol. The average molecular weight is 316 g/mol. The van der Waals surface area contributed by atoms with Crippen molar-refractivity contribution in [2.75, 3.05) is 11.9 Å². The smallest absolute Gasteiger partial charge is 0.265 e. The number of rotatable bonds is 7. The molecule has 0 saturated carbocycles. The van der Waals surface area contributed by atoms with Gasteiger partial charge in [-0.05, 0) is 35.4 Å². The van der Waals surface area contributed by atoms with Crippen LogP contribution in [0.3, 0.4) is 0 Å². The van der Waals surface area contributed by atoms with Crippen molar-refractivity contribution < 1.29 is 9.63 Å². The summed E-state index contributed by atoms with van der Waals surface area (Å²) in [6.45, 7) is 4.06. The molecule has 4 nitrogen and oxygen atoms in total. The molecular formula is C17H20N2O2S. The maximum absolute atomic E-state index is 12.0. The SMILES string of the molecule is CCc1cccc(CC)c1NC(=O)CO/N=C/c1cccs1. The molecule has 0 radical (unpaired) electrons. The molecule has 0 atom stereocenters. The zero-order chi connectivity index (χ0) is 15.8. The van der Waals surface area contributed by atoms with E-state index < -0.39 is 0 Å². The van der Waals surface area contributed by atoms with Crippen molar-refractivity contribution in [3.63, 3.8) is 0 Å². The van der Waals surface area contributed by atoms with Crippen LogP contribution in [-0.2, 0) is 22.5 Å². The predicted molar refractivity (Wildman–Crippen MR) is 91.7 cm³/mol. The number of aryl methyl sites for hydroxylation is 2. The maximum atomic E-state index is 12.0. The van der Waals surface area contributed by atoms with Gasteiger partial charge in [0.1, 0.15) is 0 Å². The van der Waals surface area contributed by atoms with E-state index in [0.717, 1.165) is 34.5 Å². The van der Waals surface area contributed by atoms with E-state index in [1.165, 1.54) is 0 Å². The van der Waals surface area contributed by atoms with Crippen LogP contribution in [0.2, 0.25) is 0 Å². The van der Waals surface area contributed by atoms with Crippen LogP contribution < -0.4 is 5.32 Å². The third-order valence-electron chi connectivity index (χ3n) is 3.26. The number of carbonyl (C=O) groups excluding carboxylic acids is 1. The average Bonchev–Trinajstić information content (AvgIpc) is 3.05. The summed E-state index contributed by atoms with van der Waals surface area (Å²) in [5.74, 6) is -0.195. The summed E-state index contributed by atoms with van der Waals surface area (Å²) in [4.78, 5) is 18.0. The lowest BCUT2D eigenvalue weighted by Gasteiger charge is -2.13. The largest absolute Gasteiger partial charge is 0.386 e. The minimum absolute atomic E-state index is 0.0942. The van der Waals surface area contributed by atoms with Crippen LogP contribution >= 0.6 is 11.3 Å². The van der Waals surface area contributed by atoms with Crippen molar-refractivity contribution >= 4 is 29.1 Å². The lowest BCUT2D eigenvalue weighted by molar-refractivity contribution is -0.120. The van der Waals surface area contributed by atoms with Crippen molar-refractivity contribution in [1.82, 2.24) is 0 Å². The van der Waals surface area contributed by atoms with Crippen molar-refractivity contribution in [1.29, 1.82) is 0 Å². The summed E-state index contributed by atoms with van der Waals surface area (Å²) in [7, 11) is 0. The van der Waals surface area contributed by atoms with Gasteiger partial charge in [-0.15, -0.1) is 11.3 Å². The lowest BCUT2D eigenvalue weighted by atomic mass is 10.0. The van der Waals surface area contributed by atoms with E-state index in [1.54, 1.807) is 17.6 Å². The van der Waals surface area contributed by atoms with Gasteiger partial charge < -0.3 is 10.2 Å². The molecule has 1 amide bonds. The molecule has 2 aromatic rings. The Morgan fingerprint density at radius 2 is 1.95 bits per heavy atom. The molecule has 2 rings (SSSR count). The topological polar surface area (TPSA) is 50.7 Å². The summed E-state index contributed by atoms with van der Waals surface area (Å²) < 4.78 is 0. The Balaban J connectivity index is 1.92. The van der Waals surface area contributed by atoms with Crippen molar-refractivity contribution in [2.24, 2.45) is 5.16 Å². The number of nitrogens with one attached hydrogen (secondary N) is 1. The van der Waals surface area contributed by atoms with Gasteiger partial charge in [0.2, 0.25) is 0 Å². The molecule has 1 aromatic heterocycles. The van der Waals surface area contributed by atoms with Crippen LogP contribution in [0.1, 0.15) is 29.9 Å². The van der Waals surface area contributed by atoms with Crippen LogP contribution in [0.25, 0.3) is 0 Å². The quantitative estimate of drug-likeness (QED) is 0.623. The number of hydrogen-bond donors (Lipinski definition) is 1. The Hall–Kier alpha value is -2.14. The first-order valence-corrected chi connectivity index (χ1v) is 8.22. The van der Waals surface area contributed by atoms with E-state index in [4.69, 9.17) is 4.84 Å². The fourth-order valence-corrected chi connectivity index (χ4v) is 2.70. The molecule has 0 spiro atoms. The van der Waals surface area contributed by atoms with E-state index in [9.17, 15) is 4.79 Å². The third kappa shape index (κ3) is 4.43. The number of para-hydroxylation sites is 1. The highest BCUT2D eigenvalue weighted by Crippen LogP contribution is 2.22. The van der Waals surface area contributed by atoms with E-state index in [2.05, 4.69) is 24.3 Å².